The van der Waals surface area contributed by atoms with E-state index in [9.17, 15) is 0 Å². The van der Waals surface area contributed by atoms with E-state index < -0.39 is 0 Å². The summed E-state index contributed by atoms with van der Waals surface area (Å²) in [6, 6.07) is 0.574. The lowest BCUT2D eigenvalue weighted by atomic mass is 9.87. The molecule has 1 saturated carbocycles. The Morgan fingerprint density at radius 1 is 1.53 bits per heavy atom. The van der Waals surface area contributed by atoms with E-state index >= 15 is 0 Å². The zero-order valence-electron chi connectivity index (χ0n) is 9.71. The molecule has 0 radical (unpaired) electrons. The molecule has 1 unspecified atom stereocenters. The molecule has 0 saturated heterocycles. The Morgan fingerprint density at radius 2 is 2.33 bits per heavy atom. The van der Waals surface area contributed by atoms with Crippen LogP contribution in [-0.4, -0.2) is 16.2 Å². The van der Waals surface area contributed by atoms with Crippen molar-refractivity contribution in [1.82, 2.24) is 15.5 Å². The summed E-state index contributed by atoms with van der Waals surface area (Å²) in [7, 11) is 0. The van der Waals surface area contributed by atoms with Gasteiger partial charge in [-0.15, -0.1) is 0 Å². The van der Waals surface area contributed by atoms with Crippen LogP contribution in [0.15, 0.2) is 4.52 Å². The molecule has 4 heteroatoms. The third kappa shape index (κ3) is 2.37. The third-order valence-electron chi connectivity index (χ3n) is 3.33. The molecule has 1 fully saturated rings. The first kappa shape index (κ1) is 10.6. The Hall–Kier alpha value is -0.900. The summed E-state index contributed by atoms with van der Waals surface area (Å²) in [5.74, 6) is 1.40. The van der Waals surface area contributed by atoms with Crippen LogP contribution in [0.5, 0.6) is 0 Å². The largest absolute Gasteiger partial charge is 0.338 e. The van der Waals surface area contributed by atoms with Crippen molar-refractivity contribution in [1.29, 1.82) is 0 Å². The van der Waals surface area contributed by atoms with Crippen LogP contribution >= 0.6 is 0 Å². The molecule has 1 atom stereocenters. The van der Waals surface area contributed by atoms with Crippen LogP contribution in [0.1, 0.15) is 44.8 Å². The van der Waals surface area contributed by atoms with Gasteiger partial charge in [0.25, 0.3) is 0 Å². The van der Waals surface area contributed by atoms with Gasteiger partial charge in [0, 0.05) is 6.04 Å². The lowest BCUT2D eigenvalue weighted by molar-refractivity contribution is 0.268. The van der Waals surface area contributed by atoms with Gasteiger partial charge >= 0.3 is 0 Å². The topological polar surface area (TPSA) is 51.0 Å². The maximum Gasteiger partial charge on any atom is 0.240 e. The van der Waals surface area contributed by atoms with Crippen LogP contribution in [0, 0.1) is 12.3 Å². The minimum atomic E-state index is 0.398. The lowest BCUT2D eigenvalue weighted by Crippen LogP contribution is -2.37. The molecule has 1 aliphatic carbocycles. The van der Waals surface area contributed by atoms with Crippen molar-refractivity contribution in [2.45, 2.75) is 52.6 Å². The number of aromatic nitrogens is 2. The molecule has 84 valence electrons. The second-order valence-electron chi connectivity index (χ2n) is 5.05. The van der Waals surface area contributed by atoms with Crippen molar-refractivity contribution >= 4 is 0 Å². The van der Waals surface area contributed by atoms with Gasteiger partial charge in [-0.05, 0) is 25.2 Å². The van der Waals surface area contributed by atoms with Crippen molar-refractivity contribution in [3.8, 4) is 0 Å². The van der Waals surface area contributed by atoms with E-state index in [0.717, 1.165) is 0 Å². The van der Waals surface area contributed by atoms with E-state index in [1.165, 1.54) is 19.3 Å². The molecule has 0 spiro atoms. The molecule has 2 rings (SSSR count). The summed E-state index contributed by atoms with van der Waals surface area (Å²) < 4.78 is 5.07. The Morgan fingerprint density at radius 3 is 2.87 bits per heavy atom. The molecular weight excluding hydrogens is 190 g/mol. The summed E-state index contributed by atoms with van der Waals surface area (Å²) in [4.78, 5) is 4.18. The number of aryl methyl sites for hydroxylation is 1. The summed E-state index contributed by atoms with van der Waals surface area (Å²) in [6.45, 7) is 7.16. The van der Waals surface area contributed by atoms with Gasteiger partial charge in [0.2, 0.25) is 5.89 Å². The van der Waals surface area contributed by atoms with E-state index in [1.54, 1.807) is 0 Å². The molecule has 0 aliphatic heterocycles. The minimum absolute atomic E-state index is 0.398. The predicted molar refractivity (Wildman–Crippen MR) is 57.3 cm³/mol. The maximum atomic E-state index is 5.07. The Kier molecular flexibility index (Phi) is 2.78. The quantitative estimate of drug-likeness (QED) is 0.827. The highest BCUT2D eigenvalue weighted by atomic mass is 16.5. The van der Waals surface area contributed by atoms with E-state index in [1.807, 2.05) is 6.92 Å². The Balaban J connectivity index is 1.88. The monoisotopic (exact) mass is 209 g/mol. The number of nitrogens with one attached hydrogen (secondary N) is 1. The summed E-state index contributed by atoms with van der Waals surface area (Å²) in [5, 5.41) is 7.28. The van der Waals surface area contributed by atoms with Gasteiger partial charge in [-0.3, -0.25) is 0 Å². The fourth-order valence-corrected chi connectivity index (χ4v) is 2.33. The maximum absolute atomic E-state index is 5.07. The van der Waals surface area contributed by atoms with E-state index in [-0.39, 0.29) is 0 Å². The summed E-state index contributed by atoms with van der Waals surface area (Å²) in [5.41, 5.74) is 0.398. The van der Waals surface area contributed by atoms with Crippen LogP contribution in [0.4, 0.5) is 0 Å². The van der Waals surface area contributed by atoms with Gasteiger partial charge in [0.1, 0.15) is 0 Å². The molecule has 1 N–H and O–H groups in total. The standard InChI is InChI=1S/C11H19N3O/c1-8-13-10(15-14-8)7-12-9-5-4-6-11(9,2)3/h9,12H,4-7H2,1-3H3. The number of rotatable bonds is 3. The van der Waals surface area contributed by atoms with Gasteiger partial charge in [-0.25, -0.2) is 0 Å². The number of hydrogen-bond donors (Lipinski definition) is 1. The molecule has 0 amide bonds. The third-order valence-corrected chi connectivity index (χ3v) is 3.33. The fraction of sp³-hybridized carbons (Fsp3) is 0.818. The lowest BCUT2D eigenvalue weighted by Gasteiger charge is -2.27. The normalized spacial score (nSPS) is 24.6. The van der Waals surface area contributed by atoms with Crippen LogP contribution in [0.2, 0.25) is 0 Å². The van der Waals surface area contributed by atoms with Crippen LogP contribution in [-0.2, 0) is 6.54 Å². The van der Waals surface area contributed by atoms with Gasteiger partial charge in [-0.2, -0.15) is 4.98 Å². The first-order chi connectivity index (χ1) is 7.08. The second kappa shape index (κ2) is 3.93. The summed E-state index contributed by atoms with van der Waals surface area (Å²) in [6.07, 6.45) is 3.86. The zero-order valence-corrected chi connectivity index (χ0v) is 9.71. The highest BCUT2D eigenvalue weighted by molar-refractivity contribution is 4.91. The molecule has 4 nitrogen and oxygen atoms in total. The van der Waals surface area contributed by atoms with Gasteiger partial charge < -0.3 is 9.84 Å². The Bertz CT molecular complexity index is 332. The highest BCUT2D eigenvalue weighted by Crippen LogP contribution is 2.37. The molecule has 1 heterocycles. The van der Waals surface area contributed by atoms with Crippen LogP contribution < -0.4 is 5.32 Å². The Labute approximate surface area is 90.4 Å². The fourth-order valence-electron chi connectivity index (χ4n) is 2.33. The zero-order chi connectivity index (χ0) is 10.9. The highest BCUT2D eigenvalue weighted by Gasteiger charge is 2.34. The van der Waals surface area contributed by atoms with Gasteiger partial charge in [0.05, 0.1) is 6.54 Å². The van der Waals surface area contributed by atoms with E-state index in [2.05, 4.69) is 29.3 Å². The first-order valence-corrected chi connectivity index (χ1v) is 5.60. The first-order valence-electron chi connectivity index (χ1n) is 5.60. The average molecular weight is 209 g/mol. The number of hydrogen-bond acceptors (Lipinski definition) is 4. The van der Waals surface area contributed by atoms with Gasteiger partial charge in [0.15, 0.2) is 5.82 Å². The van der Waals surface area contributed by atoms with E-state index in [4.69, 9.17) is 4.52 Å². The van der Waals surface area contributed by atoms with Crippen molar-refractivity contribution in [3.05, 3.63) is 11.7 Å². The average Bonchev–Trinajstić information content (AvgIpc) is 2.69. The molecule has 0 aromatic carbocycles. The molecule has 1 aromatic rings. The molecule has 15 heavy (non-hydrogen) atoms. The molecule has 0 bridgehead atoms. The molecular formula is C11H19N3O. The second-order valence-corrected chi connectivity index (χ2v) is 5.05. The molecule has 1 aliphatic rings. The van der Waals surface area contributed by atoms with Crippen molar-refractivity contribution in [2.24, 2.45) is 5.41 Å². The predicted octanol–water partition coefficient (Wildman–Crippen LogP) is 2.05. The molecule has 1 aromatic heterocycles. The number of nitrogens with zero attached hydrogens (tertiary/aromatic N) is 2. The SMILES string of the molecule is Cc1noc(CNC2CCCC2(C)C)n1. The van der Waals surface area contributed by atoms with Crippen LogP contribution in [0.25, 0.3) is 0 Å². The van der Waals surface area contributed by atoms with Crippen molar-refractivity contribution < 1.29 is 4.52 Å². The van der Waals surface area contributed by atoms with Crippen molar-refractivity contribution in [3.63, 3.8) is 0 Å². The minimum Gasteiger partial charge on any atom is -0.338 e. The van der Waals surface area contributed by atoms with E-state index in [0.29, 0.717) is 29.7 Å². The van der Waals surface area contributed by atoms with Gasteiger partial charge in [-0.1, -0.05) is 25.4 Å². The summed E-state index contributed by atoms with van der Waals surface area (Å²) >= 11 is 0. The smallest absolute Gasteiger partial charge is 0.240 e. The van der Waals surface area contributed by atoms with Crippen molar-refractivity contribution in [2.75, 3.05) is 0 Å². The van der Waals surface area contributed by atoms with Crippen LogP contribution in [0.3, 0.4) is 0 Å².